The number of hydrogen-bond acceptors (Lipinski definition) is 6. The van der Waals surface area contributed by atoms with Gasteiger partial charge in [-0.25, -0.2) is 15.0 Å². The van der Waals surface area contributed by atoms with Gasteiger partial charge in [-0.2, -0.15) is 0 Å². The molecule has 20 heavy (non-hydrogen) atoms. The molecule has 3 heterocycles. The zero-order valence-corrected chi connectivity index (χ0v) is 12.3. The van der Waals surface area contributed by atoms with Gasteiger partial charge in [0.1, 0.15) is 0 Å². The first-order valence-electron chi connectivity index (χ1n) is 6.26. The topological polar surface area (TPSA) is 60.4 Å². The lowest BCUT2D eigenvalue weighted by molar-refractivity contribution is 0.122. The van der Waals surface area contributed by atoms with Gasteiger partial charge >= 0.3 is 0 Å². The summed E-state index contributed by atoms with van der Waals surface area (Å²) in [5.41, 5.74) is 0. The highest BCUT2D eigenvalue weighted by atomic mass is 79.9. The van der Waals surface area contributed by atoms with E-state index in [1.807, 2.05) is 12.1 Å². The number of anilines is 1. The summed E-state index contributed by atoms with van der Waals surface area (Å²) in [6.07, 6.45) is 4.97. The molecular weight excluding hydrogens is 324 g/mol. The first kappa shape index (κ1) is 13.3. The molecule has 0 spiro atoms. The molecule has 0 aliphatic carbocycles. The van der Waals surface area contributed by atoms with Crippen molar-refractivity contribution < 1.29 is 9.47 Å². The quantitative estimate of drug-likeness (QED) is 0.856. The Bertz CT molecular complexity index is 573. The Hall–Kier alpha value is -1.73. The Labute approximate surface area is 124 Å². The molecule has 0 aromatic carbocycles. The number of ether oxygens (including phenoxy) is 2. The minimum absolute atomic E-state index is 0.496. The van der Waals surface area contributed by atoms with Crippen LogP contribution in [0.3, 0.4) is 0 Å². The minimum Gasteiger partial charge on any atom is -0.435 e. The number of nitrogens with zero attached hydrogens (tertiary/aromatic N) is 4. The molecule has 6 nitrogen and oxygen atoms in total. The molecule has 2 aromatic rings. The SMILES string of the molecule is Brc1cccnc1Oc1cnc(N2CCOCC2)nc1. The van der Waals surface area contributed by atoms with E-state index in [4.69, 9.17) is 9.47 Å². The van der Waals surface area contributed by atoms with Crippen LogP contribution in [0.5, 0.6) is 11.6 Å². The van der Waals surface area contributed by atoms with Crippen LogP contribution < -0.4 is 9.64 Å². The molecule has 1 aliphatic rings. The van der Waals surface area contributed by atoms with Crippen LogP contribution in [0, 0.1) is 0 Å². The highest BCUT2D eigenvalue weighted by molar-refractivity contribution is 9.10. The van der Waals surface area contributed by atoms with Crippen LogP contribution in [-0.4, -0.2) is 41.3 Å². The molecule has 0 saturated carbocycles. The van der Waals surface area contributed by atoms with Crippen LogP contribution in [0.2, 0.25) is 0 Å². The lowest BCUT2D eigenvalue weighted by Gasteiger charge is -2.26. The highest BCUT2D eigenvalue weighted by Crippen LogP contribution is 2.26. The van der Waals surface area contributed by atoms with Crippen molar-refractivity contribution >= 4 is 21.9 Å². The average molecular weight is 337 g/mol. The first-order valence-corrected chi connectivity index (χ1v) is 7.05. The maximum Gasteiger partial charge on any atom is 0.233 e. The summed E-state index contributed by atoms with van der Waals surface area (Å²) in [6, 6.07) is 3.69. The van der Waals surface area contributed by atoms with Gasteiger partial charge in [0.25, 0.3) is 0 Å². The fraction of sp³-hybridized carbons (Fsp3) is 0.308. The third-order valence-electron chi connectivity index (χ3n) is 2.85. The van der Waals surface area contributed by atoms with Crippen molar-refractivity contribution in [2.24, 2.45) is 0 Å². The maximum atomic E-state index is 5.63. The van der Waals surface area contributed by atoms with E-state index in [1.54, 1.807) is 18.6 Å². The van der Waals surface area contributed by atoms with Gasteiger partial charge in [0, 0.05) is 19.3 Å². The van der Waals surface area contributed by atoms with Gasteiger partial charge in [0.2, 0.25) is 11.8 Å². The van der Waals surface area contributed by atoms with Gasteiger partial charge in [-0.1, -0.05) is 0 Å². The molecule has 0 unspecified atom stereocenters. The van der Waals surface area contributed by atoms with Crippen LogP contribution >= 0.6 is 15.9 Å². The van der Waals surface area contributed by atoms with Gasteiger partial charge in [0.15, 0.2) is 5.75 Å². The van der Waals surface area contributed by atoms with Crippen LogP contribution in [-0.2, 0) is 4.74 Å². The van der Waals surface area contributed by atoms with E-state index in [0.717, 1.165) is 17.6 Å². The highest BCUT2D eigenvalue weighted by Gasteiger charge is 2.13. The third-order valence-corrected chi connectivity index (χ3v) is 3.45. The van der Waals surface area contributed by atoms with Gasteiger partial charge in [-0.3, -0.25) is 0 Å². The van der Waals surface area contributed by atoms with Crippen molar-refractivity contribution in [3.63, 3.8) is 0 Å². The molecule has 7 heteroatoms. The second-order valence-corrected chi connectivity index (χ2v) is 5.06. The molecule has 1 fully saturated rings. The smallest absolute Gasteiger partial charge is 0.233 e. The van der Waals surface area contributed by atoms with Gasteiger partial charge in [-0.15, -0.1) is 0 Å². The van der Waals surface area contributed by atoms with E-state index in [-0.39, 0.29) is 0 Å². The number of aromatic nitrogens is 3. The molecule has 0 amide bonds. The van der Waals surface area contributed by atoms with Crippen molar-refractivity contribution in [1.29, 1.82) is 0 Å². The maximum absolute atomic E-state index is 5.63. The molecule has 0 N–H and O–H groups in total. The van der Waals surface area contributed by atoms with Crippen LogP contribution in [0.1, 0.15) is 0 Å². The zero-order valence-electron chi connectivity index (χ0n) is 10.7. The molecule has 0 atom stereocenters. The van der Waals surface area contributed by atoms with Crippen molar-refractivity contribution in [1.82, 2.24) is 15.0 Å². The largest absolute Gasteiger partial charge is 0.435 e. The first-order chi connectivity index (χ1) is 9.83. The lowest BCUT2D eigenvalue weighted by Crippen LogP contribution is -2.37. The van der Waals surface area contributed by atoms with E-state index in [2.05, 4.69) is 35.8 Å². The van der Waals surface area contributed by atoms with Crippen LogP contribution in [0.15, 0.2) is 35.2 Å². The molecule has 3 rings (SSSR count). The molecule has 2 aromatic heterocycles. The van der Waals surface area contributed by atoms with E-state index in [1.165, 1.54) is 0 Å². The van der Waals surface area contributed by atoms with Crippen molar-refractivity contribution in [3.8, 4) is 11.6 Å². The molecule has 1 aliphatic heterocycles. The summed E-state index contributed by atoms with van der Waals surface area (Å²) in [5, 5.41) is 0. The standard InChI is InChI=1S/C13H13BrN4O2/c14-11-2-1-3-15-12(11)20-10-8-16-13(17-9-10)18-4-6-19-7-5-18/h1-3,8-9H,4-7H2. The summed E-state index contributed by atoms with van der Waals surface area (Å²) in [5.74, 6) is 1.75. The Balaban J connectivity index is 1.71. The number of hydrogen-bond donors (Lipinski definition) is 0. The number of morpholine rings is 1. The normalized spacial score (nSPS) is 15.2. The second-order valence-electron chi connectivity index (χ2n) is 4.21. The van der Waals surface area contributed by atoms with E-state index >= 15 is 0 Å². The Morgan fingerprint density at radius 3 is 2.60 bits per heavy atom. The van der Waals surface area contributed by atoms with Crippen LogP contribution in [0.4, 0.5) is 5.95 Å². The summed E-state index contributed by atoms with van der Waals surface area (Å²) in [7, 11) is 0. The van der Waals surface area contributed by atoms with Gasteiger partial charge in [-0.05, 0) is 28.1 Å². The van der Waals surface area contributed by atoms with Crippen molar-refractivity contribution in [2.75, 3.05) is 31.2 Å². The number of halogens is 1. The van der Waals surface area contributed by atoms with Crippen molar-refractivity contribution in [2.45, 2.75) is 0 Å². The summed E-state index contributed by atoms with van der Waals surface area (Å²) in [6.45, 7) is 3.04. The Morgan fingerprint density at radius 2 is 1.90 bits per heavy atom. The van der Waals surface area contributed by atoms with Crippen molar-refractivity contribution in [3.05, 3.63) is 35.2 Å². The van der Waals surface area contributed by atoms with E-state index in [9.17, 15) is 0 Å². The summed E-state index contributed by atoms with van der Waals surface area (Å²) >= 11 is 3.38. The lowest BCUT2D eigenvalue weighted by atomic mass is 10.4. The molecule has 0 bridgehead atoms. The van der Waals surface area contributed by atoms with E-state index in [0.29, 0.717) is 30.8 Å². The number of rotatable bonds is 3. The summed E-state index contributed by atoms with van der Waals surface area (Å²) < 4.78 is 11.7. The fourth-order valence-corrected chi connectivity index (χ4v) is 2.18. The monoisotopic (exact) mass is 336 g/mol. The summed E-state index contributed by atoms with van der Waals surface area (Å²) in [4.78, 5) is 14.9. The number of pyridine rings is 1. The van der Waals surface area contributed by atoms with Crippen LogP contribution in [0.25, 0.3) is 0 Å². The average Bonchev–Trinajstić information content (AvgIpc) is 2.51. The fourth-order valence-electron chi connectivity index (χ4n) is 1.85. The second kappa shape index (κ2) is 6.15. The predicted octanol–water partition coefficient (Wildman–Crippen LogP) is 2.26. The predicted molar refractivity (Wildman–Crippen MR) is 77.1 cm³/mol. The van der Waals surface area contributed by atoms with Gasteiger partial charge < -0.3 is 14.4 Å². The molecular formula is C13H13BrN4O2. The van der Waals surface area contributed by atoms with E-state index < -0.39 is 0 Å². The Morgan fingerprint density at radius 1 is 1.15 bits per heavy atom. The zero-order chi connectivity index (χ0) is 13.8. The Kier molecular flexibility index (Phi) is 4.08. The van der Waals surface area contributed by atoms with Gasteiger partial charge in [0.05, 0.1) is 30.1 Å². The minimum atomic E-state index is 0.496. The molecule has 0 radical (unpaired) electrons. The third kappa shape index (κ3) is 3.05. The molecule has 104 valence electrons. The molecule has 1 saturated heterocycles.